The largest absolute Gasteiger partial charge is 0.355 e. The van der Waals surface area contributed by atoms with Crippen molar-refractivity contribution in [2.75, 3.05) is 7.05 Å². The molecule has 0 aromatic rings. The Morgan fingerprint density at radius 1 is 1.50 bits per heavy atom. The summed E-state index contributed by atoms with van der Waals surface area (Å²) in [6.45, 7) is 3.69. The second-order valence-corrected chi connectivity index (χ2v) is 1.95. The maximum Gasteiger partial charge on any atom is 0.246 e. The van der Waals surface area contributed by atoms with Crippen LogP contribution in [0, 0.1) is 0 Å². The fourth-order valence-electron chi connectivity index (χ4n) is 0.513. The Morgan fingerprint density at radius 2 is 2.10 bits per heavy atom. The van der Waals surface area contributed by atoms with Crippen molar-refractivity contribution in [1.82, 2.24) is 5.32 Å². The topological polar surface area (TPSA) is 29.1 Å². The van der Waals surface area contributed by atoms with Gasteiger partial charge in [0.15, 0.2) is 0 Å². The molecule has 56 valence electrons. The summed E-state index contributed by atoms with van der Waals surface area (Å²) in [5.74, 6) is -0.0295. The summed E-state index contributed by atoms with van der Waals surface area (Å²) < 4.78 is 0. The fourth-order valence-corrected chi connectivity index (χ4v) is 0.513. The van der Waals surface area contributed by atoms with E-state index in [2.05, 4.69) is 5.32 Å². The molecular weight excluding hydrogens is 126 g/mol. The van der Waals surface area contributed by atoms with E-state index in [0.29, 0.717) is 0 Å². The Balaban J connectivity index is 4.05. The van der Waals surface area contributed by atoms with E-state index in [1.54, 1.807) is 20.0 Å². The number of likely N-dealkylation sites (N-methyl/N-ethyl adjacent to an activating group) is 1. The first-order valence-electron chi connectivity index (χ1n) is 3.24. The Bertz CT molecular complexity index is 168. The molecule has 0 rings (SSSR count). The molecular formula is C8H13NO. The van der Waals surface area contributed by atoms with Crippen LogP contribution in [0.3, 0.4) is 0 Å². The van der Waals surface area contributed by atoms with Crippen molar-refractivity contribution >= 4 is 5.91 Å². The Kier molecular flexibility index (Phi) is 4.29. The van der Waals surface area contributed by atoms with Gasteiger partial charge in [0.1, 0.15) is 0 Å². The lowest BCUT2D eigenvalue weighted by Gasteiger charge is -1.95. The normalized spacial score (nSPS) is 12.1. The number of carbonyl (C=O) groups is 1. The zero-order valence-electron chi connectivity index (χ0n) is 6.64. The maximum atomic E-state index is 10.8. The van der Waals surface area contributed by atoms with E-state index >= 15 is 0 Å². The summed E-state index contributed by atoms with van der Waals surface area (Å²) >= 11 is 0. The molecule has 0 unspecified atom stereocenters. The molecule has 2 heteroatoms. The summed E-state index contributed by atoms with van der Waals surface area (Å²) in [6, 6.07) is 0. The average Bonchev–Trinajstić information content (AvgIpc) is 1.98. The van der Waals surface area contributed by atoms with Crippen LogP contribution in [0.4, 0.5) is 0 Å². The number of allylic oxidation sites excluding steroid dienone is 3. The Morgan fingerprint density at radius 3 is 2.50 bits per heavy atom. The van der Waals surface area contributed by atoms with Crippen molar-refractivity contribution < 1.29 is 4.79 Å². The fraction of sp³-hybridized carbons (Fsp3) is 0.375. The first-order valence-corrected chi connectivity index (χ1v) is 3.24. The second kappa shape index (κ2) is 4.79. The molecule has 0 bridgehead atoms. The first-order chi connectivity index (χ1) is 4.72. The minimum Gasteiger partial charge on any atom is -0.355 e. The summed E-state index contributed by atoms with van der Waals surface area (Å²) in [5.41, 5.74) is 0.723. The molecule has 0 aromatic heterocycles. The Hall–Kier alpha value is -1.05. The lowest BCUT2D eigenvalue weighted by molar-refractivity contribution is -0.116. The molecule has 10 heavy (non-hydrogen) atoms. The quantitative estimate of drug-likeness (QED) is 0.453. The van der Waals surface area contributed by atoms with Crippen LogP contribution < -0.4 is 5.32 Å². The van der Waals surface area contributed by atoms with E-state index in [9.17, 15) is 4.79 Å². The van der Waals surface area contributed by atoms with E-state index < -0.39 is 0 Å². The molecule has 0 saturated heterocycles. The number of hydrogen-bond acceptors (Lipinski definition) is 1. The van der Waals surface area contributed by atoms with Gasteiger partial charge in [0.25, 0.3) is 0 Å². The van der Waals surface area contributed by atoms with E-state index in [4.69, 9.17) is 0 Å². The molecule has 0 aliphatic rings. The molecule has 0 aliphatic carbocycles. The van der Waals surface area contributed by atoms with Crippen LogP contribution in [0.25, 0.3) is 0 Å². The average molecular weight is 139 g/mol. The molecule has 0 radical (unpaired) electrons. The highest BCUT2D eigenvalue weighted by Crippen LogP contribution is 1.91. The molecule has 1 N–H and O–H groups in total. The van der Waals surface area contributed by atoms with E-state index in [0.717, 1.165) is 5.57 Å². The van der Waals surface area contributed by atoms with Crippen LogP contribution in [0.15, 0.2) is 23.8 Å². The molecule has 0 aromatic carbocycles. The van der Waals surface area contributed by atoms with Crippen LogP contribution in [0.5, 0.6) is 0 Å². The predicted octanol–water partition coefficient (Wildman–Crippen LogP) is 1.25. The van der Waals surface area contributed by atoms with Gasteiger partial charge in [0.05, 0.1) is 0 Å². The molecule has 0 fully saturated rings. The van der Waals surface area contributed by atoms with Gasteiger partial charge in [-0.1, -0.05) is 18.2 Å². The first kappa shape index (κ1) is 8.95. The highest BCUT2D eigenvalue weighted by molar-refractivity contribution is 5.92. The van der Waals surface area contributed by atoms with Crippen molar-refractivity contribution in [3.63, 3.8) is 0 Å². The molecule has 0 spiro atoms. The van der Waals surface area contributed by atoms with Crippen LogP contribution in [-0.4, -0.2) is 13.0 Å². The number of carbonyl (C=O) groups excluding carboxylic acids is 1. The lowest BCUT2D eigenvalue weighted by Crippen LogP contribution is -2.18. The van der Waals surface area contributed by atoms with Crippen molar-refractivity contribution in [2.45, 2.75) is 13.8 Å². The van der Waals surface area contributed by atoms with E-state index in [1.165, 1.54) is 0 Å². The van der Waals surface area contributed by atoms with Crippen LogP contribution >= 0.6 is 0 Å². The molecule has 0 heterocycles. The van der Waals surface area contributed by atoms with Gasteiger partial charge in [-0.15, -0.1) is 0 Å². The van der Waals surface area contributed by atoms with E-state index in [-0.39, 0.29) is 5.91 Å². The Labute approximate surface area is 61.6 Å². The summed E-state index contributed by atoms with van der Waals surface area (Å²) in [4.78, 5) is 10.8. The third-order valence-electron chi connectivity index (χ3n) is 1.12. The van der Waals surface area contributed by atoms with Gasteiger partial charge in [-0.05, 0) is 13.8 Å². The monoisotopic (exact) mass is 139 g/mol. The molecule has 0 atom stereocenters. The van der Waals surface area contributed by atoms with Crippen LogP contribution in [0.1, 0.15) is 13.8 Å². The molecule has 0 aliphatic heterocycles. The zero-order chi connectivity index (χ0) is 7.98. The van der Waals surface area contributed by atoms with Gasteiger partial charge >= 0.3 is 0 Å². The van der Waals surface area contributed by atoms with Crippen molar-refractivity contribution in [2.24, 2.45) is 0 Å². The van der Waals surface area contributed by atoms with Gasteiger partial charge < -0.3 is 5.32 Å². The van der Waals surface area contributed by atoms with Crippen molar-refractivity contribution in [1.29, 1.82) is 0 Å². The summed E-state index contributed by atoms with van der Waals surface area (Å²) in [7, 11) is 1.62. The van der Waals surface area contributed by atoms with Crippen molar-refractivity contribution in [3.05, 3.63) is 23.8 Å². The summed E-state index contributed by atoms with van der Waals surface area (Å²) in [5, 5.41) is 2.53. The summed E-state index contributed by atoms with van der Waals surface area (Å²) in [6.07, 6.45) is 5.50. The third kappa shape index (κ3) is 3.07. The number of nitrogens with one attached hydrogen (secondary N) is 1. The molecule has 2 nitrogen and oxygen atoms in total. The predicted molar refractivity (Wildman–Crippen MR) is 42.6 cm³/mol. The zero-order valence-corrected chi connectivity index (χ0v) is 6.64. The molecule has 0 saturated carbocycles. The third-order valence-corrected chi connectivity index (χ3v) is 1.12. The standard InChI is InChI=1S/C8H13NO/c1-4-5-6-7(2)8(10)9-3/h4-6H,1-3H3,(H,9,10)/b5-4-,7-6+. The van der Waals surface area contributed by atoms with Gasteiger partial charge in [0.2, 0.25) is 5.91 Å². The van der Waals surface area contributed by atoms with Gasteiger partial charge in [0, 0.05) is 12.6 Å². The van der Waals surface area contributed by atoms with Crippen LogP contribution in [-0.2, 0) is 4.79 Å². The highest BCUT2D eigenvalue weighted by atomic mass is 16.1. The second-order valence-electron chi connectivity index (χ2n) is 1.95. The van der Waals surface area contributed by atoms with Gasteiger partial charge in [-0.3, -0.25) is 4.79 Å². The van der Waals surface area contributed by atoms with Crippen molar-refractivity contribution in [3.8, 4) is 0 Å². The number of amides is 1. The van der Waals surface area contributed by atoms with Crippen LogP contribution in [0.2, 0.25) is 0 Å². The van der Waals surface area contributed by atoms with Gasteiger partial charge in [-0.2, -0.15) is 0 Å². The SMILES string of the molecule is C/C=C\C=C(/C)C(=O)NC. The van der Waals surface area contributed by atoms with Gasteiger partial charge in [-0.25, -0.2) is 0 Å². The smallest absolute Gasteiger partial charge is 0.246 e. The lowest BCUT2D eigenvalue weighted by atomic mass is 10.2. The number of rotatable bonds is 2. The maximum absolute atomic E-state index is 10.8. The van der Waals surface area contributed by atoms with E-state index in [1.807, 2.05) is 19.1 Å². The highest BCUT2D eigenvalue weighted by Gasteiger charge is 1.96. The minimum absolute atomic E-state index is 0.0295. The molecule has 1 amide bonds. The minimum atomic E-state index is -0.0295. The number of hydrogen-bond donors (Lipinski definition) is 1.